The SMILES string of the molecule is O=c1cc2c(nn1CC1CN(c3ccncc3)C1)CCSC2. The molecule has 22 heavy (non-hydrogen) atoms. The Hall–Kier alpha value is -1.82. The second-order valence-electron chi connectivity index (χ2n) is 5.92. The predicted octanol–water partition coefficient (Wildman–Crippen LogP) is 1.56. The van der Waals surface area contributed by atoms with E-state index in [-0.39, 0.29) is 5.56 Å². The molecule has 0 spiro atoms. The maximum absolute atomic E-state index is 12.2. The molecule has 114 valence electrons. The number of rotatable bonds is 3. The van der Waals surface area contributed by atoms with Crippen LogP contribution in [0.25, 0.3) is 0 Å². The number of fused-ring (bicyclic) bond motifs is 1. The number of pyridine rings is 1. The molecular formula is C16H18N4OS. The average Bonchev–Trinajstić information content (AvgIpc) is 2.51. The minimum absolute atomic E-state index is 0.0450. The van der Waals surface area contributed by atoms with Crippen LogP contribution in [-0.2, 0) is 18.7 Å². The third kappa shape index (κ3) is 2.63. The summed E-state index contributed by atoms with van der Waals surface area (Å²) < 4.78 is 1.67. The highest BCUT2D eigenvalue weighted by atomic mass is 32.2. The van der Waals surface area contributed by atoms with Gasteiger partial charge in [0.25, 0.3) is 5.56 Å². The van der Waals surface area contributed by atoms with Crippen LogP contribution in [-0.4, -0.2) is 33.6 Å². The van der Waals surface area contributed by atoms with Gasteiger partial charge in [-0.15, -0.1) is 0 Å². The smallest absolute Gasteiger partial charge is 0.267 e. The van der Waals surface area contributed by atoms with Crippen molar-refractivity contribution in [1.29, 1.82) is 0 Å². The predicted molar refractivity (Wildman–Crippen MR) is 88.3 cm³/mol. The molecule has 2 aromatic rings. The molecule has 5 nitrogen and oxygen atoms in total. The Labute approximate surface area is 133 Å². The molecule has 2 aliphatic heterocycles. The molecule has 0 unspecified atom stereocenters. The zero-order chi connectivity index (χ0) is 14.9. The summed E-state index contributed by atoms with van der Waals surface area (Å²) in [6.07, 6.45) is 4.61. The molecule has 0 saturated carbocycles. The van der Waals surface area contributed by atoms with Gasteiger partial charge in [-0.05, 0) is 23.4 Å². The summed E-state index contributed by atoms with van der Waals surface area (Å²) in [5, 5.41) is 4.59. The van der Waals surface area contributed by atoms with Crippen LogP contribution in [0.4, 0.5) is 5.69 Å². The van der Waals surface area contributed by atoms with Crippen LogP contribution in [0.1, 0.15) is 11.3 Å². The third-order valence-electron chi connectivity index (χ3n) is 4.32. The van der Waals surface area contributed by atoms with Gasteiger partial charge < -0.3 is 4.90 Å². The summed E-state index contributed by atoms with van der Waals surface area (Å²) in [5.41, 5.74) is 3.49. The third-order valence-corrected chi connectivity index (χ3v) is 5.33. The lowest BCUT2D eigenvalue weighted by molar-refractivity contribution is 0.333. The van der Waals surface area contributed by atoms with Crippen molar-refractivity contribution >= 4 is 17.4 Å². The Kier molecular flexibility index (Phi) is 3.62. The summed E-state index contributed by atoms with van der Waals surface area (Å²) in [5.74, 6) is 2.53. The largest absolute Gasteiger partial charge is 0.371 e. The lowest BCUT2D eigenvalue weighted by Crippen LogP contribution is -2.49. The maximum Gasteiger partial charge on any atom is 0.267 e. The average molecular weight is 314 g/mol. The molecule has 2 aromatic heterocycles. The highest BCUT2D eigenvalue weighted by Gasteiger charge is 2.28. The number of aromatic nitrogens is 3. The number of anilines is 1. The Bertz CT molecular complexity index is 725. The van der Waals surface area contributed by atoms with Gasteiger partial charge in [0.05, 0.1) is 12.2 Å². The summed E-state index contributed by atoms with van der Waals surface area (Å²) in [7, 11) is 0. The van der Waals surface area contributed by atoms with Crippen molar-refractivity contribution < 1.29 is 0 Å². The fourth-order valence-corrected chi connectivity index (χ4v) is 4.03. The fourth-order valence-electron chi connectivity index (χ4n) is 3.08. The molecule has 4 rings (SSSR count). The van der Waals surface area contributed by atoms with Crippen LogP contribution < -0.4 is 10.5 Å². The van der Waals surface area contributed by atoms with E-state index in [2.05, 4.69) is 15.0 Å². The van der Waals surface area contributed by atoms with Gasteiger partial charge >= 0.3 is 0 Å². The van der Waals surface area contributed by atoms with Gasteiger partial charge in [0.15, 0.2) is 0 Å². The van der Waals surface area contributed by atoms with Crippen LogP contribution in [0.15, 0.2) is 35.4 Å². The molecule has 0 atom stereocenters. The Morgan fingerprint density at radius 1 is 1.27 bits per heavy atom. The van der Waals surface area contributed by atoms with Crippen molar-refractivity contribution in [1.82, 2.24) is 14.8 Å². The van der Waals surface area contributed by atoms with E-state index in [1.807, 2.05) is 36.3 Å². The standard InChI is InChI=1S/C16H18N4OS/c21-16-7-13-11-22-6-3-15(13)18-20(16)10-12-8-19(9-12)14-1-4-17-5-2-14/h1-2,4-5,7,12H,3,6,8-11H2. The van der Waals surface area contributed by atoms with Gasteiger partial charge in [-0.25, -0.2) is 4.68 Å². The van der Waals surface area contributed by atoms with Crippen molar-refractivity contribution in [2.45, 2.75) is 18.7 Å². The van der Waals surface area contributed by atoms with E-state index in [4.69, 9.17) is 0 Å². The molecule has 6 heteroatoms. The van der Waals surface area contributed by atoms with Crippen molar-refractivity contribution in [2.75, 3.05) is 23.7 Å². The first kappa shape index (κ1) is 13.8. The first-order valence-electron chi connectivity index (χ1n) is 7.62. The van der Waals surface area contributed by atoms with Gasteiger partial charge in [-0.1, -0.05) is 0 Å². The highest BCUT2D eigenvalue weighted by molar-refractivity contribution is 7.98. The molecule has 0 aliphatic carbocycles. The van der Waals surface area contributed by atoms with Gasteiger partial charge in [0.1, 0.15) is 0 Å². The molecular weight excluding hydrogens is 296 g/mol. The Morgan fingerprint density at radius 2 is 2.09 bits per heavy atom. The number of nitrogens with zero attached hydrogens (tertiary/aromatic N) is 4. The number of hydrogen-bond donors (Lipinski definition) is 0. The van der Waals surface area contributed by atoms with Gasteiger partial charge in [-0.3, -0.25) is 9.78 Å². The molecule has 0 bridgehead atoms. The topological polar surface area (TPSA) is 51.0 Å². The second kappa shape index (κ2) is 5.76. The summed E-state index contributed by atoms with van der Waals surface area (Å²) in [6, 6.07) is 5.84. The molecule has 1 fully saturated rings. The highest BCUT2D eigenvalue weighted by Crippen LogP contribution is 2.25. The lowest BCUT2D eigenvalue weighted by atomic mass is 9.99. The van der Waals surface area contributed by atoms with Crippen molar-refractivity contribution in [3.05, 3.63) is 52.2 Å². The Morgan fingerprint density at radius 3 is 2.91 bits per heavy atom. The molecule has 0 N–H and O–H groups in total. The van der Waals surface area contributed by atoms with E-state index < -0.39 is 0 Å². The fraction of sp³-hybridized carbons (Fsp3) is 0.438. The molecule has 4 heterocycles. The van der Waals surface area contributed by atoms with E-state index in [0.29, 0.717) is 5.92 Å². The number of thioether (sulfide) groups is 1. The van der Waals surface area contributed by atoms with E-state index in [0.717, 1.165) is 48.8 Å². The zero-order valence-corrected chi connectivity index (χ0v) is 13.1. The minimum Gasteiger partial charge on any atom is -0.371 e. The summed E-state index contributed by atoms with van der Waals surface area (Å²) >= 11 is 1.88. The van der Waals surface area contributed by atoms with E-state index >= 15 is 0 Å². The van der Waals surface area contributed by atoms with E-state index in [1.54, 1.807) is 10.7 Å². The molecule has 0 aromatic carbocycles. The first-order valence-corrected chi connectivity index (χ1v) is 8.78. The lowest BCUT2D eigenvalue weighted by Gasteiger charge is -2.41. The van der Waals surface area contributed by atoms with E-state index in [1.165, 1.54) is 5.69 Å². The Balaban J connectivity index is 1.44. The van der Waals surface area contributed by atoms with Crippen molar-refractivity contribution in [2.24, 2.45) is 5.92 Å². The van der Waals surface area contributed by atoms with Crippen LogP contribution in [0, 0.1) is 5.92 Å². The minimum atomic E-state index is 0.0450. The van der Waals surface area contributed by atoms with Crippen LogP contribution >= 0.6 is 11.8 Å². The van der Waals surface area contributed by atoms with Crippen LogP contribution in [0.3, 0.4) is 0 Å². The van der Waals surface area contributed by atoms with E-state index in [9.17, 15) is 4.79 Å². The van der Waals surface area contributed by atoms with Gasteiger partial charge in [-0.2, -0.15) is 16.9 Å². The quantitative estimate of drug-likeness (QED) is 0.860. The molecule has 0 amide bonds. The van der Waals surface area contributed by atoms with Crippen molar-refractivity contribution in [3.63, 3.8) is 0 Å². The monoisotopic (exact) mass is 314 g/mol. The first-order chi connectivity index (χ1) is 10.8. The summed E-state index contributed by atoms with van der Waals surface area (Å²) in [6.45, 7) is 2.68. The molecule has 1 saturated heterocycles. The van der Waals surface area contributed by atoms with Gasteiger partial charge in [0, 0.05) is 55.3 Å². The zero-order valence-electron chi connectivity index (χ0n) is 12.3. The van der Waals surface area contributed by atoms with Crippen LogP contribution in [0.2, 0.25) is 0 Å². The van der Waals surface area contributed by atoms with Crippen LogP contribution in [0.5, 0.6) is 0 Å². The number of hydrogen-bond acceptors (Lipinski definition) is 5. The normalized spacial score (nSPS) is 17.9. The molecule has 0 radical (unpaired) electrons. The summed E-state index contributed by atoms with van der Waals surface area (Å²) in [4.78, 5) is 18.5. The number of aryl methyl sites for hydroxylation is 1. The molecule has 2 aliphatic rings. The second-order valence-corrected chi connectivity index (χ2v) is 7.02. The van der Waals surface area contributed by atoms with Gasteiger partial charge in [0.2, 0.25) is 0 Å². The van der Waals surface area contributed by atoms with Crippen molar-refractivity contribution in [3.8, 4) is 0 Å². The maximum atomic E-state index is 12.2.